The second kappa shape index (κ2) is 6.11. The number of hydrogen-bond acceptors (Lipinski definition) is 6. The smallest absolute Gasteiger partial charge is 0.334 e. The van der Waals surface area contributed by atoms with E-state index >= 15 is 0 Å². The van der Waals surface area contributed by atoms with Crippen LogP contribution in [0.1, 0.15) is 40.0 Å². The molecular formula is C16H29NO5Si. The normalized spacial score (nSPS) is 39.4. The highest BCUT2D eigenvalue weighted by Gasteiger charge is 2.78. The Hall–Kier alpha value is -0.473. The monoisotopic (exact) mass is 343 g/mol. The van der Waals surface area contributed by atoms with Gasteiger partial charge in [0.15, 0.2) is 8.32 Å². The van der Waals surface area contributed by atoms with Gasteiger partial charge in [-0.1, -0.05) is 20.3 Å². The molecular weight excluding hydrogens is 314 g/mol. The Morgan fingerprint density at radius 1 is 1.43 bits per heavy atom. The molecule has 0 radical (unpaired) electrons. The van der Waals surface area contributed by atoms with Crippen LogP contribution in [0.25, 0.3) is 0 Å². The Kier molecular flexibility index (Phi) is 4.61. The average molecular weight is 343 g/mol. The van der Waals surface area contributed by atoms with Crippen LogP contribution < -0.4 is 0 Å². The van der Waals surface area contributed by atoms with Gasteiger partial charge in [-0.3, -0.25) is 9.68 Å². The molecule has 0 bridgehead atoms. The first-order valence-corrected chi connectivity index (χ1v) is 11.8. The zero-order valence-electron chi connectivity index (χ0n) is 14.8. The first-order chi connectivity index (χ1) is 10.9. The number of carbonyl (C=O) groups excluding carboxylic acids is 1. The van der Waals surface area contributed by atoms with E-state index in [4.69, 9.17) is 18.8 Å². The molecule has 6 nitrogen and oxygen atoms in total. The molecule has 3 rings (SSSR count). The summed E-state index contributed by atoms with van der Waals surface area (Å²) in [7, 11) is -2.04. The van der Waals surface area contributed by atoms with E-state index in [1.54, 1.807) is 0 Å². The summed E-state index contributed by atoms with van der Waals surface area (Å²) >= 11 is 0. The van der Waals surface area contributed by atoms with Crippen LogP contribution in [0.2, 0.25) is 18.6 Å². The molecule has 5 atom stereocenters. The number of ether oxygens (including phenoxy) is 1. The van der Waals surface area contributed by atoms with Crippen molar-refractivity contribution in [2.45, 2.75) is 76.4 Å². The predicted molar refractivity (Wildman–Crippen MR) is 86.8 cm³/mol. The zero-order chi connectivity index (χ0) is 16.8. The summed E-state index contributed by atoms with van der Waals surface area (Å²) in [5.41, 5.74) is -0.848. The molecule has 0 spiro atoms. The molecule has 3 saturated heterocycles. The fourth-order valence-electron chi connectivity index (χ4n) is 4.13. The number of nitrogens with zero attached hydrogens (tertiary/aromatic N) is 1. The third kappa shape index (κ3) is 2.48. The van der Waals surface area contributed by atoms with Crippen LogP contribution in [0.15, 0.2) is 0 Å². The molecule has 0 amide bonds. The topological polar surface area (TPSA) is 57.2 Å². The summed E-state index contributed by atoms with van der Waals surface area (Å²) in [4.78, 5) is 24.6. The van der Waals surface area contributed by atoms with Gasteiger partial charge < -0.3 is 9.16 Å². The molecule has 7 heteroatoms. The second-order valence-electron chi connectivity index (χ2n) is 7.53. The van der Waals surface area contributed by atoms with Gasteiger partial charge >= 0.3 is 5.97 Å². The van der Waals surface area contributed by atoms with Crippen LogP contribution >= 0.6 is 0 Å². The third-order valence-corrected chi connectivity index (χ3v) is 8.85. The molecule has 0 aromatic heterocycles. The van der Waals surface area contributed by atoms with E-state index in [2.05, 4.69) is 26.9 Å². The molecule has 3 fully saturated rings. The summed E-state index contributed by atoms with van der Waals surface area (Å²) < 4.78 is 11.8. The Morgan fingerprint density at radius 2 is 2.17 bits per heavy atom. The van der Waals surface area contributed by atoms with E-state index in [9.17, 15) is 4.79 Å². The van der Waals surface area contributed by atoms with Gasteiger partial charge in [0.25, 0.3) is 0 Å². The van der Waals surface area contributed by atoms with Crippen molar-refractivity contribution < 1.29 is 23.6 Å². The van der Waals surface area contributed by atoms with Gasteiger partial charge in [-0.2, -0.15) is 0 Å². The lowest BCUT2D eigenvalue weighted by Gasteiger charge is -2.28. The largest absolute Gasteiger partial charge is 0.464 e. The van der Waals surface area contributed by atoms with Crippen molar-refractivity contribution in [2.75, 3.05) is 13.2 Å². The lowest BCUT2D eigenvalue weighted by molar-refractivity contribution is -0.355. The van der Waals surface area contributed by atoms with Crippen molar-refractivity contribution in [3.05, 3.63) is 0 Å². The maximum Gasteiger partial charge on any atom is 0.334 e. The number of hydrogen-bond donors (Lipinski definition) is 0. The first kappa shape index (κ1) is 17.4. The van der Waals surface area contributed by atoms with E-state index in [1.165, 1.54) is 5.23 Å². The van der Waals surface area contributed by atoms with Gasteiger partial charge in [-0.25, -0.2) is 4.79 Å². The molecule has 3 aliphatic heterocycles. The summed E-state index contributed by atoms with van der Waals surface area (Å²) in [6, 6.07) is 0. The van der Waals surface area contributed by atoms with Crippen molar-refractivity contribution >= 4 is 14.3 Å². The van der Waals surface area contributed by atoms with E-state index in [0.29, 0.717) is 19.1 Å². The molecule has 132 valence electrons. The number of carbonyl (C=O) groups is 1. The van der Waals surface area contributed by atoms with E-state index < -0.39 is 13.9 Å². The van der Waals surface area contributed by atoms with Gasteiger partial charge in [0.05, 0.1) is 13.2 Å². The molecule has 0 aromatic carbocycles. The van der Waals surface area contributed by atoms with Gasteiger partial charge in [-0.15, -0.1) is 0 Å². The van der Waals surface area contributed by atoms with Crippen LogP contribution in [-0.4, -0.2) is 50.5 Å². The summed E-state index contributed by atoms with van der Waals surface area (Å²) in [6.45, 7) is 11.4. The fraction of sp³-hybridized carbons (Fsp3) is 0.938. The lowest BCUT2D eigenvalue weighted by Crippen LogP contribution is -2.54. The highest BCUT2D eigenvalue weighted by molar-refractivity contribution is 6.74. The van der Waals surface area contributed by atoms with Gasteiger partial charge in [-0.05, 0) is 44.0 Å². The minimum atomic E-state index is -2.04. The van der Waals surface area contributed by atoms with Crippen LogP contribution in [0, 0.1) is 5.92 Å². The van der Waals surface area contributed by atoms with E-state index in [-0.39, 0.29) is 23.7 Å². The Morgan fingerprint density at radius 3 is 2.83 bits per heavy atom. The molecule has 0 saturated carbocycles. The highest BCUT2D eigenvalue weighted by Crippen LogP contribution is 2.58. The summed E-state index contributed by atoms with van der Waals surface area (Å²) in [5.74, 6) is 0.382. The van der Waals surface area contributed by atoms with E-state index in [1.807, 2.05) is 6.92 Å². The zero-order valence-corrected chi connectivity index (χ0v) is 15.8. The number of esters is 1. The Bertz CT molecular complexity index is 473. The van der Waals surface area contributed by atoms with Crippen LogP contribution in [0.3, 0.4) is 0 Å². The predicted octanol–water partition coefficient (Wildman–Crippen LogP) is 2.65. The molecule has 0 unspecified atom stereocenters. The van der Waals surface area contributed by atoms with Crippen molar-refractivity contribution in [2.24, 2.45) is 5.92 Å². The lowest BCUT2D eigenvalue weighted by atomic mass is 9.85. The summed E-state index contributed by atoms with van der Waals surface area (Å²) in [6.07, 6.45) is 2.66. The van der Waals surface area contributed by atoms with Crippen molar-refractivity contribution in [1.29, 1.82) is 0 Å². The molecule has 23 heavy (non-hydrogen) atoms. The molecule has 0 aromatic rings. The third-order valence-electron chi connectivity index (χ3n) is 5.71. The maximum atomic E-state index is 12.9. The maximum absolute atomic E-state index is 12.9. The number of rotatable bonds is 6. The van der Waals surface area contributed by atoms with Gasteiger partial charge in [0.2, 0.25) is 5.54 Å². The molecule has 0 N–H and O–H groups in total. The average Bonchev–Trinajstić information content (AvgIpc) is 3.09. The SMILES string of the molecule is CCOC(=O)[C@@]12[C@@H]3O[Si](C)(C)[C@H]1CON2O[C@H]3CC[C@@H](C)CC. The van der Waals surface area contributed by atoms with Crippen LogP contribution in [0.4, 0.5) is 0 Å². The molecule has 3 aliphatic rings. The first-order valence-electron chi connectivity index (χ1n) is 8.82. The van der Waals surface area contributed by atoms with Crippen molar-refractivity contribution in [3.8, 4) is 0 Å². The Labute approximate surface area is 139 Å². The fourth-order valence-corrected chi connectivity index (χ4v) is 7.20. The minimum Gasteiger partial charge on any atom is -0.464 e. The standard InChI is InChI=1S/C16H29NO5Si/c1-6-11(3)8-9-12-14-16(15(18)19-7-2)13(23(4,5)22-14)10-20-17(16)21-12/h11-14H,6-10H2,1-5H3/t11-,12-,13-,14+,16-/m0/s1. The number of hydroxylamine groups is 2. The second-order valence-corrected chi connectivity index (χ2v) is 11.7. The van der Waals surface area contributed by atoms with Crippen LogP contribution in [0.5, 0.6) is 0 Å². The Balaban J connectivity index is 1.87. The highest BCUT2D eigenvalue weighted by atomic mass is 28.4. The van der Waals surface area contributed by atoms with E-state index in [0.717, 1.165) is 19.3 Å². The quantitative estimate of drug-likeness (QED) is 0.546. The van der Waals surface area contributed by atoms with Crippen LogP contribution in [-0.2, 0) is 23.6 Å². The van der Waals surface area contributed by atoms with Crippen molar-refractivity contribution in [1.82, 2.24) is 5.23 Å². The van der Waals surface area contributed by atoms with Gasteiger partial charge in [0, 0.05) is 5.54 Å². The minimum absolute atomic E-state index is 0.0487. The molecule has 0 aliphatic carbocycles. The van der Waals surface area contributed by atoms with Crippen molar-refractivity contribution in [3.63, 3.8) is 0 Å². The summed E-state index contributed by atoms with van der Waals surface area (Å²) in [5, 5.41) is 1.43. The van der Waals surface area contributed by atoms with Gasteiger partial charge in [0.1, 0.15) is 12.2 Å². The molecule has 3 heterocycles.